The number of likely N-dealkylation sites (tertiary alicyclic amines) is 1. The summed E-state index contributed by atoms with van der Waals surface area (Å²) >= 11 is 6.02. The van der Waals surface area contributed by atoms with E-state index in [0.717, 1.165) is 13.0 Å². The monoisotopic (exact) mass is 280 g/mol. The van der Waals surface area contributed by atoms with Gasteiger partial charge < -0.3 is 10.2 Å². The molecule has 0 spiro atoms. The number of terminal acetylenes is 1. The van der Waals surface area contributed by atoms with Crippen molar-refractivity contribution in [3.05, 3.63) is 21.6 Å². The Morgan fingerprint density at radius 3 is 3.11 bits per heavy atom. The Morgan fingerprint density at radius 1 is 1.68 bits per heavy atom. The van der Waals surface area contributed by atoms with Crippen molar-refractivity contribution in [2.24, 2.45) is 0 Å². The summed E-state index contributed by atoms with van der Waals surface area (Å²) in [5, 5.41) is 7.37. The van der Waals surface area contributed by atoms with Gasteiger partial charge in [-0.25, -0.2) is 4.68 Å². The van der Waals surface area contributed by atoms with Crippen molar-refractivity contribution in [1.82, 2.24) is 14.7 Å². The molecule has 1 aromatic rings. The number of hydrogen-bond acceptors (Lipinski definition) is 4. The molecule has 0 aliphatic carbocycles. The molecule has 0 bridgehead atoms. The molecular formula is C13H17ClN4O. The Balaban J connectivity index is 2.13. The maximum atomic E-state index is 12.1. The topological polar surface area (TPSA) is 50.2 Å². The summed E-state index contributed by atoms with van der Waals surface area (Å²) in [6.45, 7) is 1.94. The van der Waals surface area contributed by atoms with Crippen LogP contribution in [0.25, 0.3) is 0 Å². The molecule has 5 nitrogen and oxygen atoms in total. The maximum Gasteiger partial charge on any atom is 0.292 e. The lowest BCUT2D eigenvalue weighted by Gasteiger charge is -2.20. The van der Waals surface area contributed by atoms with Gasteiger partial charge in [0.2, 0.25) is 0 Å². The fourth-order valence-corrected chi connectivity index (χ4v) is 2.48. The number of hydrogen-bond donors (Lipinski definition) is 1. The van der Waals surface area contributed by atoms with Gasteiger partial charge in [-0.15, -0.1) is 6.42 Å². The van der Waals surface area contributed by atoms with Crippen molar-refractivity contribution < 1.29 is 0 Å². The molecule has 1 aromatic heterocycles. The van der Waals surface area contributed by atoms with E-state index in [0.29, 0.717) is 23.3 Å². The van der Waals surface area contributed by atoms with Gasteiger partial charge in [-0.1, -0.05) is 17.5 Å². The van der Waals surface area contributed by atoms with Crippen LogP contribution in [0.5, 0.6) is 0 Å². The van der Waals surface area contributed by atoms with Crippen molar-refractivity contribution in [3.63, 3.8) is 0 Å². The number of rotatable bonds is 4. The SMILES string of the molecule is C#CCn1ncc(Cl)c(NCC2CCCN2C)c1=O. The van der Waals surface area contributed by atoms with Gasteiger partial charge in [0.1, 0.15) is 12.2 Å². The Morgan fingerprint density at radius 2 is 2.47 bits per heavy atom. The highest BCUT2D eigenvalue weighted by Crippen LogP contribution is 2.18. The lowest BCUT2D eigenvalue weighted by atomic mass is 10.2. The average Bonchev–Trinajstić information content (AvgIpc) is 2.79. The zero-order chi connectivity index (χ0) is 13.8. The van der Waals surface area contributed by atoms with Crippen LogP contribution in [-0.4, -0.2) is 40.9 Å². The van der Waals surface area contributed by atoms with Crippen LogP contribution < -0.4 is 10.9 Å². The molecule has 1 aliphatic heterocycles. The molecule has 1 aliphatic rings. The van der Waals surface area contributed by atoms with E-state index in [9.17, 15) is 4.79 Å². The Labute approximate surface area is 117 Å². The first kappa shape index (κ1) is 13.9. The summed E-state index contributed by atoms with van der Waals surface area (Å²) in [4.78, 5) is 14.4. The van der Waals surface area contributed by atoms with Crippen LogP contribution in [0.2, 0.25) is 5.02 Å². The van der Waals surface area contributed by atoms with Crippen LogP contribution in [0.3, 0.4) is 0 Å². The van der Waals surface area contributed by atoms with Crippen LogP contribution in [0.15, 0.2) is 11.0 Å². The highest BCUT2D eigenvalue weighted by Gasteiger charge is 2.21. The van der Waals surface area contributed by atoms with Crippen molar-refractivity contribution in [2.45, 2.75) is 25.4 Å². The molecule has 0 amide bonds. The quantitative estimate of drug-likeness (QED) is 0.837. The number of aromatic nitrogens is 2. The number of nitrogens with zero attached hydrogens (tertiary/aromatic N) is 3. The molecule has 1 unspecified atom stereocenters. The predicted molar refractivity (Wildman–Crippen MR) is 76.5 cm³/mol. The van der Waals surface area contributed by atoms with Gasteiger partial charge in [-0.2, -0.15) is 5.10 Å². The highest BCUT2D eigenvalue weighted by molar-refractivity contribution is 6.32. The molecule has 0 radical (unpaired) electrons. The minimum absolute atomic E-state index is 0.147. The van der Waals surface area contributed by atoms with E-state index in [1.165, 1.54) is 17.3 Å². The fourth-order valence-electron chi connectivity index (χ4n) is 2.28. The molecular weight excluding hydrogens is 264 g/mol. The van der Waals surface area contributed by atoms with Crippen LogP contribution in [-0.2, 0) is 6.54 Å². The van der Waals surface area contributed by atoms with Crippen molar-refractivity contribution in [2.75, 3.05) is 25.5 Å². The van der Waals surface area contributed by atoms with E-state index in [1.54, 1.807) is 0 Å². The molecule has 2 rings (SSSR count). The van der Waals surface area contributed by atoms with Gasteiger partial charge >= 0.3 is 0 Å². The van der Waals surface area contributed by atoms with Crippen molar-refractivity contribution in [3.8, 4) is 12.3 Å². The van der Waals surface area contributed by atoms with E-state index in [2.05, 4.69) is 28.3 Å². The second-order valence-electron chi connectivity index (χ2n) is 4.69. The molecule has 2 heterocycles. The van der Waals surface area contributed by atoms with E-state index >= 15 is 0 Å². The minimum atomic E-state index is -0.272. The number of halogens is 1. The van der Waals surface area contributed by atoms with Crippen LogP contribution >= 0.6 is 11.6 Å². The summed E-state index contributed by atoms with van der Waals surface area (Å²) < 4.78 is 1.23. The molecule has 0 saturated carbocycles. The maximum absolute atomic E-state index is 12.1. The minimum Gasteiger partial charge on any atom is -0.378 e. The Kier molecular flexibility index (Phi) is 4.46. The zero-order valence-corrected chi connectivity index (χ0v) is 11.7. The van der Waals surface area contributed by atoms with Gasteiger partial charge in [-0.3, -0.25) is 4.79 Å². The van der Waals surface area contributed by atoms with Crippen molar-refractivity contribution in [1.29, 1.82) is 0 Å². The predicted octanol–water partition coefficient (Wildman–Crippen LogP) is 1.04. The molecule has 1 fully saturated rings. The summed E-state index contributed by atoms with van der Waals surface area (Å²) in [6, 6.07) is 0.435. The molecule has 0 aromatic carbocycles. The van der Waals surface area contributed by atoms with Gasteiger partial charge in [0.05, 0.1) is 11.2 Å². The second-order valence-corrected chi connectivity index (χ2v) is 5.10. The van der Waals surface area contributed by atoms with Crippen LogP contribution in [0, 0.1) is 12.3 Å². The molecule has 102 valence electrons. The fraction of sp³-hybridized carbons (Fsp3) is 0.538. The molecule has 19 heavy (non-hydrogen) atoms. The molecule has 1 saturated heterocycles. The van der Waals surface area contributed by atoms with E-state index < -0.39 is 0 Å². The Bertz CT molecular complexity index is 549. The van der Waals surface area contributed by atoms with Crippen molar-refractivity contribution >= 4 is 17.3 Å². The van der Waals surface area contributed by atoms with Gasteiger partial charge in [0.15, 0.2) is 0 Å². The summed E-state index contributed by atoms with van der Waals surface area (Å²) in [5.41, 5.74) is 0.110. The third kappa shape index (κ3) is 3.09. The standard InChI is InChI=1S/C13H17ClN4O/c1-3-6-18-13(19)12(11(14)9-16-18)15-8-10-5-4-7-17(10)2/h1,9-10,15H,4-8H2,2H3. The van der Waals surface area contributed by atoms with Gasteiger partial charge in [0.25, 0.3) is 5.56 Å². The molecule has 1 N–H and O–H groups in total. The average molecular weight is 281 g/mol. The first-order valence-electron chi connectivity index (χ1n) is 6.26. The summed E-state index contributed by atoms with van der Waals surface area (Å²) in [5.74, 6) is 2.40. The lowest BCUT2D eigenvalue weighted by molar-refractivity contribution is 0.322. The number of likely N-dealkylation sites (N-methyl/N-ethyl adjacent to an activating group) is 1. The summed E-state index contributed by atoms with van der Waals surface area (Å²) in [6.07, 6.45) is 8.96. The van der Waals surface area contributed by atoms with E-state index in [1.807, 2.05) is 0 Å². The van der Waals surface area contributed by atoms with Crippen LogP contribution in [0.4, 0.5) is 5.69 Å². The normalized spacial score (nSPS) is 19.3. The summed E-state index contributed by atoms with van der Waals surface area (Å²) in [7, 11) is 2.09. The zero-order valence-electron chi connectivity index (χ0n) is 10.9. The third-order valence-corrected chi connectivity index (χ3v) is 3.71. The van der Waals surface area contributed by atoms with E-state index in [4.69, 9.17) is 18.0 Å². The van der Waals surface area contributed by atoms with Gasteiger partial charge in [-0.05, 0) is 26.4 Å². The number of nitrogens with one attached hydrogen (secondary N) is 1. The van der Waals surface area contributed by atoms with Crippen LogP contribution in [0.1, 0.15) is 12.8 Å². The van der Waals surface area contributed by atoms with E-state index in [-0.39, 0.29) is 12.1 Å². The molecule has 1 atom stereocenters. The number of anilines is 1. The van der Waals surface area contributed by atoms with Gasteiger partial charge in [0, 0.05) is 12.6 Å². The highest BCUT2D eigenvalue weighted by atomic mass is 35.5. The smallest absolute Gasteiger partial charge is 0.292 e. The molecule has 6 heteroatoms. The second kappa shape index (κ2) is 6.09. The lowest BCUT2D eigenvalue weighted by Crippen LogP contribution is -2.34. The Hall–Kier alpha value is -1.51. The third-order valence-electron chi connectivity index (χ3n) is 3.42. The first-order valence-corrected chi connectivity index (χ1v) is 6.64. The first-order chi connectivity index (χ1) is 9.13. The largest absolute Gasteiger partial charge is 0.378 e.